The molecular weight excluding hydrogens is 456 g/mol. The highest BCUT2D eigenvalue weighted by Crippen LogP contribution is 2.35. The van der Waals surface area contributed by atoms with Crippen LogP contribution in [0.2, 0.25) is 0 Å². The molecule has 3 unspecified atom stereocenters. The summed E-state index contributed by atoms with van der Waals surface area (Å²) in [5, 5.41) is 0. The van der Waals surface area contributed by atoms with E-state index in [1.165, 1.54) is 11.8 Å². The normalized spacial score (nSPS) is 27.3. The van der Waals surface area contributed by atoms with E-state index in [0.29, 0.717) is 44.6 Å². The number of anilines is 1. The van der Waals surface area contributed by atoms with Gasteiger partial charge in [-0.25, -0.2) is 4.98 Å². The molecule has 5 rings (SSSR count). The standard InChI is InChI=1S/C24H28N4O3S2/c1-15-10-16(2)13-26(12-15)21-18(22(29)27-8-4-3-7-20(27)25-21)11-19-23(30)28(24(32)33-19)14-17-6-5-9-31-17/h3-4,7-8,11,15-17H,5-6,9-10,12-14H2,1-2H3. The van der Waals surface area contributed by atoms with Crippen LogP contribution in [0.3, 0.4) is 0 Å². The minimum Gasteiger partial charge on any atom is -0.376 e. The zero-order valence-corrected chi connectivity index (χ0v) is 20.5. The van der Waals surface area contributed by atoms with E-state index < -0.39 is 0 Å². The Morgan fingerprint density at radius 3 is 2.76 bits per heavy atom. The van der Waals surface area contributed by atoms with Gasteiger partial charge in [0.1, 0.15) is 15.8 Å². The second kappa shape index (κ2) is 9.19. The predicted molar refractivity (Wildman–Crippen MR) is 135 cm³/mol. The molecule has 5 heterocycles. The first-order chi connectivity index (χ1) is 15.9. The lowest BCUT2D eigenvalue weighted by Gasteiger charge is -2.36. The Morgan fingerprint density at radius 2 is 2.03 bits per heavy atom. The summed E-state index contributed by atoms with van der Waals surface area (Å²) in [6, 6.07) is 5.53. The number of thiocarbonyl (C=S) groups is 1. The van der Waals surface area contributed by atoms with Gasteiger partial charge in [0.25, 0.3) is 11.5 Å². The number of hydrogen-bond acceptors (Lipinski definition) is 7. The maximum Gasteiger partial charge on any atom is 0.267 e. The lowest BCUT2D eigenvalue weighted by Crippen LogP contribution is -2.40. The summed E-state index contributed by atoms with van der Waals surface area (Å²) in [6.45, 7) is 7.32. The van der Waals surface area contributed by atoms with E-state index in [0.717, 1.165) is 39.0 Å². The minimum atomic E-state index is -0.175. The van der Waals surface area contributed by atoms with Crippen molar-refractivity contribution in [3.05, 3.63) is 45.2 Å². The molecular formula is C24H28N4O3S2. The number of hydrogen-bond donors (Lipinski definition) is 0. The van der Waals surface area contributed by atoms with Crippen LogP contribution in [0.5, 0.6) is 0 Å². The molecule has 3 fully saturated rings. The topological polar surface area (TPSA) is 67.2 Å². The number of fused-ring (bicyclic) bond motifs is 1. The van der Waals surface area contributed by atoms with Gasteiger partial charge in [0.2, 0.25) is 0 Å². The van der Waals surface area contributed by atoms with Crippen LogP contribution in [0.4, 0.5) is 5.82 Å². The third kappa shape index (κ3) is 4.46. The van der Waals surface area contributed by atoms with Gasteiger partial charge in [-0.05, 0) is 49.3 Å². The number of carbonyl (C=O) groups excluding carboxylic acids is 1. The molecule has 0 spiro atoms. The van der Waals surface area contributed by atoms with Gasteiger partial charge in [-0.15, -0.1) is 0 Å². The van der Waals surface area contributed by atoms with E-state index >= 15 is 0 Å². The third-order valence-corrected chi connectivity index (χ3v) is 7.85. The Hall–Kier alpha value is -2.23. The van der Waals surface area contributed by atoms with E-state index in [4.69, 9.17) is 21.9 Å². The van der Waals surface area contributed by atoms with Crippen molar-refractivity contribution in [3.8, 4) is 0 Å². The van der Waals surface area contributed by atoms with Crippen molar-refractivity contribution in [1.82, 2.24) is 14.3 Å². The second-order valence-electron chi connectivity index (χ2n) is 9.36. The number of amides is 1. The van der Waals surface area contributed by atoms with Gasteiger partial charge in [0, 0.05) is 25.9 Å². The van der Waals surface area contributed by atoms with Crippen molar-refractivity contribution in [2.24, 2.45) is 11.8 Å². The summed E-state index contributed by atoms with van der Waals surface area (Å²) in [7, 11) is 0. The Bertz CT molecular complexity index is 1180. The largest absolute Gasteiger partial charge is 0.376 e. The molecule has 33 heavy (non-hydrogen) atoms. The lowest BCUT2D eigenvalue weighted by atomic mass is 9.91. The minimum absolute atomic E-state index is 0.0201. The van der Waals surface area contributed by atoms with Gasteiger partial charge in [-0.2, -0.15) is 0 Å². The van der Waals surface area contributed by atoms with E-state index in [1.54, 1.807) is 21.6 Å². The number of pyridine rings is 1. The second-order valence-corrected chi connectivity index (χ2v) is 11.0. The highest BCUT2D eigenvalue weighted by Gasteiger charge is 2.35. The fraction of sp³-hybridized carbons (Fsp3) is 0.500. The molecule has 0 N–H and O–H groups in total. The molecule has 3 aliphatic heterocycles. The first kappa shape index (κ1) is 22.6. The van der Waals surface area contributed by atoms with Crippen LogP contribution < -0.4 is 10.5 Å². The van der Waals surface area contributed by atoms with Crippen LogP contribution in [0.15, 0.2) is 34.1 Å². The van der Waals surface area contributed by atoms with Crippen LogP contribution in [0.25, 0.3) is 11.7 Å². The molecule has 3 aliphatic rings. The molecule has 9 heteroatoms. The summed E-state index contributed by atoms with van der Waals surface area (Å²) < 4.78 is 7.75. The summed E-state index contributed by atoms with van der Waals surface area (Å²) in [6.07, 6.45) is 6.53. The first-order valence-electron chi connectivity index (χ1n) is 11.5. The molecule has 2 aromatic rings. The number of rotatable bonds is 4. The zero-order chi connectivity index (χ0) is 23.1. The van der Waals surface area contributed by atoms with E-state index in [2.05, 4.69) is 18.7 Å². The Morgan fingerprint density at radius 1 is 1.24 bits per heavy atom. The summed E-state index contributed by atoms with van der Waals surface area (Å²) in [5.41, 5.74) is 0.870. The Labute approximate surface area is 202 Å². The quantitative estimate of drug-likeness (QED) is 0.486. The average molecular weight is 485 g/mol. The van der Waals surface area contributed by atoms with Crippen molar-refractivity contribution >= 4 is 51.7 Å². The molecule has 3 atom stereocenters. The van der Waals surface area contributed by atoms with E-state index in [9.17, 15) is 9.59 Å². The average Bonchev–Trinajstić information content (AvgIpc) is 3.39. The van der Waals surface area contributed by atoms with Crippen molar-refractivity contribution in [2.45, 2.75) is 39.2 Å². The summed E-state index contributed by atoms with van der Waals surface area (Å²) in [4.78, 5) is 35.9. The molecule has 1 amide bonds. The SMILES string of the molecule is CC1CC(C)CN(c2nc3ccccn3c(=O)c2C=C2SC(=S)N(CC3CCCO3)C2=O)C1. The molecule has 2 aromatic heterocycles. The van der Waals surface area contributed by atoms with Crippen molar-refractivity contribution in [3.63, 3.8) is 0 Å². The molecule has 0 saturated carbocycles. The maximum absolute atomic E-state index is 13.6. The molecule has 0 aromatic carbocycles. The lowest BCUT2D eigenvalue weighted by molar-refractivity contribution is -0.123. The zero-order valence-electron chi connectivity index (χ0n) is 18.9. The molecule has 0 bridgehead atoms. The van der Waals surface area contributed by atoms with Crippen LogP contribution in [-0.4, -0.2) is 56.9 Å². The molecule has 0 radical (unpaired) electrons. The molecule has 7 nitrogen and oxygen atoms in total. The van der Waals surface area contributed by atoms with Crippen LogP contribution in [0.1, 0.15) is 38.7 Å². The number of aromatic nitrogens is 2. The van der Waals surface area contributed by atoms with Gasteiger partial charge in [0.15, 0.2) is 0 Å². The van der Waals surface area contributed by atoms with Gasteiger partial charge < -0.3 is 9.64 Å². The smallest absolute Gasteiger partial charge is 0.267 e. The summed E-state index contributed by atoms with van der Waals surface area (Å²) >= 11 is 6.76. The van der Waals surface area contributed by atoms with Gasteiger partial charge in [0.05, 0.1) is 23.1 Å². The number of nitrogens with zero attached hydrogens (tertiary/aromatic N) is 4. The first-order valence-corrected chi connectivity index (χ1v) is 12.8. The Kier molecular flexibility index (Phi) is 6.28. The molecule has 0 aliphatic carbocycles. The van der Waals surface area contributed by atoms with Crippen LogP contribution >= 0.6 is 24.0 Å². The molecule has 3 saturated heterocycles. The number of thioether (sulfide) groups is 1. The number of piperidine rings is 1. The highest BCUT2D eigenvalue weighted by atomic mass is 32.2. The number of carbonyl (C=O) groups is 1. The van der Waals surface area contributed by atoms with Crippen LogP contribution in [-0.2, 0) is 9.53 Å². The fourth-order valence-corrected chi connectivity index (χ4v) is 6.33. The van der Waals surface area contributed by atoms with Crippen LogP contribution in [0, 0.1) is 11.8 Å². The predicted octanol–water partition coefficient (Wildman–Crippen LogP) is 3.56. The third-order valence-electron chi connectivity index (χ3n) is 6.48. The van der Waals surface area contributed by atoms with Gasteiger partial charge >= 0.3 is 0 Å². The highest BCUT2D eigenvalue weighted by molar-refractivity contribution is 8.26. The maximum atomic E-state index is 13.6. The van der Waals surface area contributed by atoms with Gasteiger partial charge in [-0.3, -0.25) is 18.9 Å². The Balaban J connectivity index is 1.56. The fourth-order valence-electron chi connectivity index (χ4n) is 5.07. The van der Waals surface area contributed by atoms with Crippen molar-refractivity contribution in [2.75, 3.05) is 31.1 Å². The summed E-state index contributed by atoms with van der Waals surface area (Å²) in [5.74, 6) is 1.49. The number of ether oxygens (including phenoxy) is 1. The van der Waals surface area contributed by atoms with E-state index in [-0.39, 0.29) is 17.6 Å². The van der Waals surface area contributed by atoms with Gasteiger partial charge in [-0.1, -0.05) is 43.9 Å². The van der Waals surface area contributed by atoms with E-state index in [1.807, 2.05) is 18.2 Å². The molecule has 174 valence electrons. The monoisotopic (exact) mass is 484 g/mol. The van der Waals surface area contributed by atoms with Crippen molar-refractivity contribution in [1.29, 1.82) is 0 Å². The van der Waals surface area contributed by atoms with Crippen molar-refractivity contribution < 1.29 is 9.53 Å².